The van der Waals surface area contributed by atoms with E-state index in [0.29, 0.717) is 0 Å². The van der Waals surface area contributed by atoms with Crippen molar-refractivity contribution in [1.29, 1.82) is 0 Å². The van der Waals surface area contributed by atoms with Gasteiger partial charge in [-0.3, -0.25) is 0 Å². The Balaban J connectivity index is 2.16. The van der Waals surface area contributed by atoms with Gasteiger partial charge in [-0.15, -0.1) is 0 Å². The lowest BCUT2D eigenvalue weighted by atomic mass is 10.3. The second-order valence-corrected chi connectivity index (χ2v) is 4.40. The lowest BCUT2D eigenvalue weighted by Crippen LogP contribution is -2.28. The highest BCUT2D eigenvalue weighted by molar-refractivity contribution is 5.50. The van der Waals surface area contributed by atoms with Crippen LogP contribution in [0.25, 0.3) is 0 Å². The average molecular weight is 235 g/mol. The summed E-state index contributed by atoms with van der Waals surface area (Å²) in [6.07, 6.45) is 2.69. The normalized spacial score (nSPS) is 19.7. The molecule has 5 nitrogen and oxygen atoms in total. The van der Waals surface area contributed by atoms with Gasteiger partial charge in [-0.2, -0.15) is 0 Å². The van der Waals surface area contributed by atoms with Crippen LogP contribution in [-0.2, 0) is 0 Å². The van der Waals surface area contributed by atoms with E-state index in [0.717, 1.165) is 44.2 Å². The van der Waals surface area contributed by atoms with E-state index in [4.69, 9.17) is 5.73 Å². The summed E-state index contributed by atoms with van der Waals surface area (Å²) >= 11 is 0. The zero-order chi connectivity index (χ0) is 12.3. The van der Waals surface area contributed by atoms with Crippen LogP contribution in [0.4, 0.5) is 11.6 Å². The molecule has 1 aliphatic rings. The molecule has 1 aromatic heterocycles. The van der Waals surface area contributed by atoms with E-state index >= 15 is 0 Å². The van der Waals surface area contributed by atoms with Crippen molar-refractivity contribution in [2.45, 2.75) is 26.3 Å². The van der Waals surface area contributed by atoms with Crippen molar-refractivity contribution < 1.29 is 0 Å². The Morgan fingerprint density at radius 1 is 1.41 bits per heavy atom. The summed E-state index contributed by atoms with van der Waals surface area (Å²) in [4.78, 5) is 13.1. The van der Waals surface area contributed by atoms with Crippen LogP contribution in [0.3, 0.4) is 0 Å². The van der Waals surface area contributed by atoms with Gasteiger partial charge in [0.25, 0.3) is 0 Å². The van der Waals surface area contributed by atoms with E-state index < -0.39 is 0 Å². The van der Waals surface area contributed by atoms with Crippen molar-refractivity contribution in [2.24, 2.45) is 5.73 Å². The molecule has 1 aromatic rings. The monoisotopic (exact) mass is 235 g/mol. The summed E-state index contributed by atoms with van der Waals surface area (Å²) in [6.45, 7) is 8.09. The third kappa shape index (κ3) is 2.66. The van der Waals surface area contributed by atoms with Crippen LogP contribution in [0.1, 0.15) is 20.3 Å². The summed E-state index contributed by atoms with van der Waals surface area (Å²) < 4.78 is 0. The second kappa shape index (κ2) is 5.31. The Bertz CT molecular complexity index is 364. The minimum Gasteiger partial charge on any atom is -0.357 e. The molecule has 0 spiro atoms. The summed E-state index contributed by atoms with van der Waals surface area (Å²) in [5, 5.41) is 0. The van der Waals surface area contributed by atoms with E-state index in [1.54, 1.807) is 6.33 Å². The molecular formula is C12H21N5. The fraction of sp³-hybridized carbons (Fsp3) is 0.667. The molecule has 5 heteroatoms. The predicted molar refractivity (Wildman–Crippen MR) is 70.4 cm³/mol. The van der Waals surface area contributed by atoms with Gasteiger partial charge in [0.2, 0.25) is 0 Å². The highest BCUT2D eigenvalue weighted by atomic mass is 15.2. The van der Waals surface area contributed by atoms with Gasteiger partial charge in [-0.25, -0.2) is 9.97 Å². The minimum atomic E-state index is 0.280. The summed E-state index contributed by atoms with van der Waals surface area (Å²) in [7, 11) is 0. The zero-order valence-electron chi connectivity index (χ0n) is 10.6. The SMILES string of the molecule is CCN(CC)c1cc(N2CCC(N)C2)ncn1. The molecule has 0 radical (unpaired) electrons. The third-order valence-electron chi connectivity index (χ3n) is 3.27. The van der Waals surface area contributed by atoms with Crippen molar-refractivity contribution in [3.05, 3.63) is 12.4 Å². The van der Waals surface area contributed by atoms with Crippen molar-refractivity contribution >= 4 is 11.6 Å². The quantitative estimate of drug-likeness (QED) is 0.839. The van der Waals surface area contributed by atoms with Crippen LogP contribution in [0.2, 0.25) is 0 Å². The first-order valence-corrected chi connectivity index (χ1v) is 6.32. The molecule has 1 unspecified atom stereocenters. The molecule has 0 saturated carbocycles. The van der Waals surface area contributed by atoms with Gasteiger partial charge in [0.05, 0.1) is 0 Å². The third-order valence-corrected chi connectivity index (χ3v) is 3.27. The molecule has 2 heterocycles. The molecule has 0 aliphatic carbocycles. The smallest absolute Gasteiger partial charge is 0.134 e. The largest absolute Gasteiger partial charge is 0.357 e. The maximum atomic E-state index is 5.92. The zero-order valence-corrected chi connectivity index (χ0v) is 10.6. The number of aromatic nitrogens is 2. The second-order valence-electron chi connectivity index (χ2n) is 4.40. The Hall–Kier alpha value is -1.36. The van der Waals surface area contributed by atoms with Crippen molar-refractivity contribution in [1.82, 2.24) is 9.97 Å². The summed E-state index contributed by atoms with van der Waals surface area (Å²) in [5.74, 6) is 2.00. The highest BCUT2D eigenvalue weighted by Gasteiger charge is 2.20. The predicted octanol–water partition coefficient (Wildman–Crippen LogP) is 0.860. The van der Waals surface area contributed by atoms with Gasteiger partial charge < -0.3 is 15.5 Å². The van der Waals surface area contributed by atoms with Gasteiger partial charge >= 0.3 is 0 Å². The standard InChI is InChI=1S/C12H21N5/c1-3-16(4-2)11-7-12(15-9-14-11)17-6-5-10(13)8-17/h7,9-10H,3-6,8,13H2,1-2H3. The summed E-state index contributed by atoms with van der Waals surface area (Å²) in [6, 6.07) is 2.34. The number of anilines is 2. The molecule has 0 amide bonds. The molecule has 2 N–H and O–H groups in total. The molecule has 1 aliphatic heterocycles. The lowest BCUT2D eigenvalue weighted by Gasteiger charge is -2.22. The number of rotatable bonds is 4. The Morgan fingerprint density at radius 3 is 2.76 bits per heavy atom. The topological polar surface area (TPSA) is 58.3 Å². The number of nitrogens with two attached hydrogens (primary N) is 1. The molecule has 17 heavy (non-hydrogen) atoms. The molecule has 94 valence electrons. The van der Waals surface area contributed by atoms with Gasteiger partial charge in [-0.05, 0) is 20.3 Å². The minimum absolute atomic E-state index is 0.280. The molecule has 0 aromatic carbocycles. The van der Waals surface area contributed by atoms with Crippen molar-refractivity contribution in [2.75, 3.05) is 36.0 Å². The number of nitrogens with zero attached hydrogens (tertiary/aromatic N) is 4. The first-order valence-electron chi connectivity index (χ1n) is 6.32. The van der Waals surface area contributed by atoms with Gasteiger partial charge in [0.15, 0.2) is 0 Å². The van der Waals surface area contributed by atoms with E-state index in [2.05, 4.69) is 39.7 Å². The van der Waals surface area contributed by atoms with Crippen LogP contribution < -0.4 is 15.5 Å². The molecule has 1 fully saturated rings. The summed E-state index contributed by atoms with van der Waals surface area (Å²) in [5.41, 5.74) is 5.92. The Kier molecular flexibility index (Phi) is 3.78. The van der Waals surface area contributed by atoms with E-state index in [1.807, 2.05) is 0 Å². The van der Waals surface area contributed by atoms with Gasteiger partial charge in [-0.1, -0.05) is 0 Å². The van der Waals surface area contributed by atoms with Crippen LogP contribution in [0, 0.1) is 0 Å². The Labute approximate surface area is 103 Å². The van der Waals surface area contributed by atoms with E-state index in [1.165, 1.54) is 0 Å². The number of hydrogen-bond acceptors (Lipinski definition) is 5. The van der Waals surface area contributed by atoms with E-state index in [-0.39, 0.29) is 6.04 Å². The van der Waals surface area contributed by atoms with E-state index in [9.17, 15) is 0 Å². The van der Waals surface area contributed by atoms with Crippen molar-refractivity contribution in [3.8, 4) is 0 Å². The van der Waals surface area contributed by atoms with Crippen LogP contribution in [0.5, 0.6) is 0 Å². The molecule has 1 atom stereocenters. The van der Waals surface area contributed by atoms with Crippen LogP contribution >= 0.6 is 0 Å². The van der Waals surface area contributed by atoms with Gasteiger partial charge in [0.1, 0.15) is 18.0 Å². The fourth-order valence-corrected chi connectivity index (χ4v) is 2.23. The molecule has 2 rings (SSSR count). The van der Waals surface area contributed by atoms with Crippen molar-refractivity contribution in [3.63, 3.8) is 0 Å². The average Bonchev–Trinajstić information content (AvgIpc) is 2.78. The first-order chi connectivity index (χ1) is 8.24. The Morgan fingerprint density at radius 2 is 2.18 bits per heavy atom. The first kappa shape index (κ1) is 12.1. The molecule has 0 bridgehead atoms. The van der Waals surface area contributed by atoms with Gasteiger partial charge in [0, 0.05) is 38.3 Å². The maximum absolute atomic E-state index is 5.92. The molecule has 1 saturated heterocycles. The maximum Gasteiger partial charge on any atom is 0.134 e. The fourth-order valence-electron chi connectivity index (χ4n) is 2.23. The van der Waals surface area contributed by atoms with Crippen LogP contribution in [0.15, 0.2) is 12.4 Å². The molecular weight excluding hydrogens is 214 g/mol. The lowest BCUT2D eigenvalue weighted by molar-refractivity contribution is 0.751. The highest BCUT2D eigenvalue weighted by Crippen LogP contribution is 2.20. The van der Waals surface area contributed by atoms with Crippen LogP contribution in [-0.4, -0.2) is 42.2 Å². The number of hydrogen-bond donors (Lipinski definition) is 1.